The van der Waals surface area contributed by atoms with Crippen LogP contribution >= 0.6 is 0 Å². The van der Waals surface area contributed by atoms with Gasteiger partial charge in [-0.3, -0.25) is 4.79 Å². The quantitative estimate of drug-likeness (QED) is 0.208. The van der Waals surface area contributed by atoms with Gasteiger partial charge in [0, 0.05) is 5.56 Å². The van der Waals surface area contributed by atoms with Crippen molar-refractivity contribution in [1.29, 1.82) is 0 Å². The molecule has 2 aromatic rings. The fraction of sp³-hybridized carbons (Fsp3) is 0.605. The average molecular weight is 729 g/mol. The third-order valence-corrected chi connectivity index (χ3v) is 10.5. The Kier molecular flexibility index (Phi) is 10.7. The Labute approximate surface area is 304 Å². The van der Waals surface area contributed by atoms with Crippen molar-refractivity contribution in [3.8, 4) is 11.5 Å². The van der Waals surface area contributed by atoms with Gasteiger partial charge in [0.25, 0.3) is 0 Å². The number of halogens is 2. The zero-order valence-corrected chi connectivity index (χ0v) is 31.9. The Morgan fingerprint density at radius 3 is 2.19 bits per heavy atom. The first-order chi connectivity index (χ1) is 24.1. The van der Waals surface area contributed by atoms with Crippen molar-refractivity contribution >= 4 is 25.1 Å². The number of amides is 2. The molecule has 2 bridgehead atoms. The molecule has 2 amide bonds. The second kappa shape index (κ2) is 14.1. The lowest BCUT2D eigenvalue weighted by Gasteiger charge is -2.64. The van der Waals surface area contributed by atoms with Gasteiger partial charge in [-0.25, -0.2) is 14.0 Å². The van der Waals surface area contributed by atoms with Crippen LogP contribution < -0.4 is 20.1 Å². The van der Waals surface area contributed by atoms with Crippen LogP contribution in [0.15, 0.2) is 30.3 Å². The summed E-state index contributed by atoms with van der Waals surface area (Å²) in [5, 5.41) is 5.33. The standard InChI is InChI=1S/C38H51BF2N2O9/c1-35(2,3)49-33(45)23-14-12-13-20(31(23)48-11)17-27(39-51-26-19-21-18-25(37(21,7)8)38(26,9)52-39)42-32(44)30(43-34(46)50-36(4,5)6)22-15-16-24(47-10)29(41)28(22)40/h12-16,21,25-27,30H,17-19H2,1-11H3,(H,42,44)(H,43,46)/t21-,25-,26+,27-,30?,38-/m0/s1. The van der Waals surface area contributed by atoms with Gasteiger partial charge in [0.05, 0.1) is 31.9 Å². The molecule has 1 aliphatic heterocycles. The molecule has 2 aromatic carbocycles. The molecule has 52 heavy (non-hydrogen) atoms. The molecule has 3 aliphatic carbocycles. The van der Waals surface area contributed by atoms with E-state index in [4.69, 9.17) is 28.3 Å². The lowest BCUT2D eigenvalue weighted by molar-refractivity contribution is -0.199. The van der Waals surface area contributed by atoms with Crippen LogP contribution in [0.1, 0.15) is 103 Å². The van der Waals surface area contributed by atoms with Crippen LogP contribution in [0.3, 0.4) is 0 Å². The molecule has 0 spiro atoms. The first-order valence-corrected chi connectivity index (χ1v) is 17.6. The molecule has 0 radical (unpaired) electrons. The summed E-state index contributed by atoms with van der Waals surface area (Å²) in [5.41, 5.74) is -2.12. The second-order valence-electron chi connectivity index (χ2n) is 16.7. The molecule has 6 rings (SSSR count). The number of alkyl carbamates (subject to hydrolysis) is 1. The van der Waals surface area contributed by atoms with E-state index in [2.05, 4.69) is 24.5 Å². The highest BCUT2D eigenvalue weighted by atomic mass is 19.2. The normalized spacial score (nSPS) is 24.5. The Hall–Kier alpha value is -3.91. The molecule has 3 saturated carbocycles. The van der Waals surface area contributed by atoms with Crippen molar-refractivity contribution in [2.24, 2.45) is 17.3 Å². The highest BCUT2D eigenvalue weighted by Crippen LogP contribution is 2.65. The van der Waals surface area contributed by atoms with E-state index < -0.39 is 71.1 Å². The van der Waals surface area contributed by atoms with Crippen molar-refractivity contribution in [2.75, 3.05) is 14.2 Å². The van der Waals surface area contributed by atoms with Crippen LogP contribution in [0, 0.1) is 28.9 Å². The van der Waals surface area contributed by atoms with Crippen molar-refractivity contribution < 1.29 is 51.4 Å². The van der Waals surface area contributed by atoms with E-state index >= 15 is 8.78 Å². The van der Waals surface area contributed by atoms with Crippen LogP contribution in [0.5, 0.6) is 11.5 Å². The first kappa shape index (κ1) is 39.3. The number of hydrogen-bond acceptors (Lipinski definition) is 9. The molecule has 14 heteroatoms. The van der Waals surface area contributed by atoms with Crippen LogP contribution in [0.2, 0.25) is 0 Å². The molecule has 1 unspecified atom stereocenters. The zero-order chi connectivity index (χ0) is 38.6. The fourth-order valence-corrected chi connectivity index (χ4v) is 7.91. The van der Waals surface area contributed by atoms with Gasteiger partial charge in [-0.2, -0.15) is 4.39 Å². The van der Waals surface area contributed by atoms with E-state index in [0.717, 1.165) is 25.0 Å². The third kappa shape index (κ3) is 7.73. The summed E-state index contributed by atoms with van der Waals surface area (Å²) < 4.78 is 65.7. The zero-order valence-electron chi connectivity index (χ0n) is 31.9. The van der Waals surface area contributed by atoms with E-state index in [1.54, 1.807) is 59.7 Å². The van der Waals surface area contributed by atoms with Crippen molar-refractivity contribution in [3.63, 3.8) is 0 Å². The maximum atomic E-state index is 15.6. The summed E-state index contributed by atoms with van der Waals surface area (Å²) in [5.74, 6) is -4.66. The number of methoxy groups -OCH3 is 2. The average Bonchev–Trinajstić information content (AvgIpc) is 3.40. The summed E-state index contributed by atoms with van der Waals surface area (Å²) in [6.07, 6.45) is 0.499. The molecule has 284 valence electrons. The summed E-state index contributed by atoms with van der Waals surface area (Å²) in [7, 11) is 1.61. The van der Waals surface area contributed by atoms with Gasteiger partial charge in [-0.15, -0.1) is 0 Å². The third-order valence-electron chi connectivity index (χ3n) is 10.5. The van der Waals surface area contributed by atoms with Crippen LogP contribution in [0.25, 0.3) is 0 Å². The predicted molar refractivity (Wildman–Crippen MR) is 189 cm³/mol. The minimum Gasteiger partial charge on any atom is -0.496 e. The molecule has 4 fully saturated rings. The van der Waals surface area contributed by atoms with Crippen LogP contribution in [-0.2, 0) is 30.0 Å². The molecule has 1 heterocycles. The highest BCUT2D eigenvalue weighted by molar-refractivity contribution is 6.48. The largest absolute Gasteiger partial charge is 0.496 e. The van der Waals surface area contributed by atoms with Crippen molar-refractivity contribution in [3.05, 3.63) is 58.7 Å². The molecule has 4 aliphatic rings. The molecular formula is C38H51BF2N2O9. The molecule has 1 saturated heterocycles. The topological polar surface area (TPSA) is 131 Å². The Morgan fingerprint density at radius 2 is 1.60 bits per heavy atom. The summed E-state index contributed by atoms with van der Waals surface area (Å²) in [4.78, 5) is 40.6. The lowest BCUT2D eigenvalue weighted by atomic mass is 9.43. The van der Waals surface area contributed by atoms with Crippen molar-refractivity contribution in [2.45, 2.75) is 116 Å². The number of benzene rings is 2. The van der Waals surface area contributed by atoms with E-state index in [9.17, 15) is 14.4 Å². The van der Waals surface area contributed by atoms with E-state index in [-0.39, 0.29) is 40.9 Å². The second-order valence-corrected chi connectivity index (χ2v) is 16.7. The van der Waals surface area contributed by atoms with Gasteiger partial charge >= 0.3 is 19.2 Å². The monoisotopic (exact) mass is 728 g/mol. The number of nitrogens with one attached hydrogen (secondary N) is 2. The number of esters is 1. The van der Waals surface area contributed by atoms with Gasteiger partial charge < -0.3 is 38.9 Å². The SMILES string of the molecule is COc1ccc(C(NC(=O)OC(C)(C)C)C(=O)N[C@@H](Cc2cccc(C(=O)OC(C)(C)C)c2OC)B2O[C@@H]3C[C@@H]4C[C@@H](C4(C)C)[C@]3(C)O2)c(F)c1F. The number of carbonyl (C=O) groups is 3. The molecule has 6 atom stereocenters. The van der Waals surface area contributed by atoms with Gasteiger partial charge in [-0.1, -0.05) is 26.0 Å². The van der Waals surface area contributed by atoms with Gasteiger partial charge in [0.15, 0.2) is 11.6 Å². The smallest absolute Gasteiger partial charge is 0.482 e. The maximum absolute atomic E-state index is 15.6. The van der Waals surface area contributed by atoms with Crippen LogP contribution in [0.4, 0.5) is 13.6 Å². The van der Waals surface area contributed by atoms with Gasteiger partial charge in [0.2, 0.25) is 11.7 Å². The minimum atomic E-state index is -1.75. The van der Waals surface area contributed by atoms with E-state index in [1.807, 2.05) is 6.92 Å². The predicted octanol–water partition coefficient (Wildman–Crippen LogP) is 6.50. The van der Waals surface area contributed by atoms with Gasteiger partial charge in [-0.05, 0) is 109 Å². The molecule has 11 nitrogen and oxygen atoms in total. The fourth-order valence-electron chi connectivity index (χ4n) is 7.91. The van der Waals surface area contributed by atoms with E-state index in [1.165, 1.54) is 14.2 Å². The lowest BCUT2D eigenvalue weighted by Crippen LogP contribution is -2.65. The van der Waals surface area contributed by atoms with Crippen molar-refractivity contribution in [1.82, 2.24) is 10.6 Å². The molecule has 2 N–H and O–H groups in total. The minimum absolute atomic E-state index is 0.0229. The summed E-state index contributed by atoms with van der Waals surface area (Å²) in [6, 6.07) is 5.57. The number of ether oxygens (including phenoxy) is 4. The van der Waals surface area contributed by atoms with E-state index in [0.29, 0.717) is 11.5 Å². The highest BCUT2D eigenvalue weighted by Gasteiger charge is 2.68. The Balaban J connectivity index is 1.54. The maximum Gasteiger partial charge on any atom is 0.482 e. The van der Waals surface area contributed by atoms with Gasteiger partial charge in [0.1, 0.15) is 28.6 Å². The summed E-state index contributed by atoms with van der Waals surface area (Å²) >= 11 is 0. The molecular weight excluding hydrogens is 677 g/mol. The first-order valence-electron chi connectivity index (χ1n) is 17.6. The number of rotatable bonds is 10. The Bertz CT molecular complexity index is 1710. The summed E-state index contributed by atoms with van der Waals surface area (Å²) in [6.45, 7) is 16.6. The molecule has 0 aromatic heterocycles. The number of para-hydroxylation sites is 1. The Morgan fingerprint density at radius 1 is 0.923 bits per heavy atom. The number of carbonyl (C=O) groups excluding carboxylic acids is 3. The number of hydrogen-bond donors (Lipinski definition) is 2. The van der Waals surface area contributed by atoms with Crippen LogP contribution in [-0.4, -0.2) is 68.2 Å².